The fourth-order valence-electron chi connectivity index (χ4n) is 0.986. The van der Waals surface area contributed by atoms with Crippen molar-refractivity contribution in [2.75, 3.05) is 19.0 Å². The second-order valence-corrected chi connectivity index (χ2v) is 3.04. The molecule has 0 spiro atoms. The minimum Gasteiger partial charge on any atom is -0.473 e. The molecule has 0 aliphatic heterocycles. The first-order valence-electron chi connectivity index (χ1n) is 4.85. The summed E-state index contributed by atoms with van der Waals surface area (Å²) in [6, 6.07) is 0.768. The maximum atomic E-state index is 12.5. The van der Waals surface area contributed by atoms with Crippen molar-refractivity contribution >= 4 is 5.95 Å². The second-order valence-electron chi connectivity index (χ2n) is 3.04. The molecule has 4 nitrogen and oxygen atoms in total. The van der Waals surface area contributed by atoms with E-state index in [4.69, 9.17) is 4.74 Å². The lowest BCUT2D eigenvalue weighted by atomic mass is 10.4. The highest BCUT2D eigenvalue weighted by atomic mass is 19.4. The van der Waals surface area contributed by atoms with Gasteiger partial charge in [-0.3, -0.25) is 0 Å². The molecule has 0 bridgehead atoms. The van der Waals surface area contributed by atoms with Crippen molar-refractivity contribution in [2.24, 2.45) is 0 Å². The Bertz CT molecular complexity index is 404. The van der Waals surface area contributed by atoms with E-state index in [0.29, 0.717) is 0 Å². The lowest BCUT2D eigenvalue weighted by molar-refractivity contribution is -0.141. The van der Waals surface area contributed by atoms with Crippen molar-refractivity contribution in [1.29, 1.82) is 0 Å². The Labute approximate surface area is 96.5 Å². The Morgan fingerprint density at radius 3 is 2.65 bits per heavy atom. The van der Waals surface area contributed by atoms with Crippen LogP contribution in [0.3, 0.4) is 0 Å². The van der Waals surface area contributed by atoms with Gasteiger partial charge in [-0.2, -0.15) is 18.2 Å². The number of aromatic nitrogens is 2. The summed E-state index contributed by atoms with van der Waals surface area (Å²) in [5.41, 5.74) is -1.03. The molecule has 0 aliphatic rings. The number of halogens is 3. The molecule has 7 heteroatoms. The van der Waals surface area contributed by atoms with E-state index >= 15 is 0 Å². The first-order valence-corrected chi connectivity index (χ1v) is 4.85. The third kappa shape index (κ3) is 3.93. The van der Waals surface area contributed by atoms with Gasteiger partial charge in [-0.25, -0.2) is 4.98 Å². The van der Waals surface area contributed by atoms with Crippen molar-refractivity contribution in [3.8, 4) is 5.88 Å². The molecule has 1 aromatic heterocycles. The largest absolute Gasteiger partial charge is 0.473 e. The second kappa shape index (κ2) is 5.51. The average Bonchev–Trinajstić information content (AvgIpc) is 2.28. The number of ether oxygens (including phenoxy) is 1. The standard InChI is InChI=1S/C10H12F3N3O/c1-3-4-5-17-8-6-7(10(11,12)13)15-9(14-2)16-8/h3-4,6H,5H2,1-2H3,(H,14,15,16)/b4-3+. The van der Waals surface area contributed by atoms with Gasteiger partial charge in [-0.05, 0) is 6.92 Å². The summed E-state index contributed by atoms with van der Waals surface area (Å²) >= 11 is 0. The van der Waals surface area contributed by atoms with Gasteiger partial charge in [0, 0.05) is 13.1 Å². The normalized spacial score (nSPS) is 11.8. The lowest BCUT2D eigenvalue weighted by Gasteiger charge is -2.10. The van der Waals surface area contributed by atoms with E-state index in [-0.39, 0.29) is 18.4 Å². The molecule has 0 saturated carbocycles. The number of allylic oxidation sites excluding steroid dienone is 1. The number of alkyl halides is 3. The van der Waals surface area contributed by atoms with Crippen LogP contribution in [0.4, 0.5) is 19.1 Å². The molecule has 0 aromatic carbocycles. The van der Waals surface area contributed by atoms with E-state index in [1.54, 1.807) is 19.1 Å². The van der Waals surface area contributed by atoms with E-state index in [9.17, 15) is 13.2 Å². The van der Waals surface area contributed by atoms with E-state index in [1.165, 1.54) is 7.05 Å². The van der Waals surface area contributed by atoms with Crippen LogP contribution in [-0.2, 0) is 6.18 Å². The van der Waals surface area contributed by atoms with Crippen LogP contribution in [0.15, 0.2) is 18.2 Å². The van der Waals surface area contributed by atoms with Gasteiger partial charge >= 0.3 is 6.18 Å². The van der Waals surface area contributed by atoms with Crippen LogP contribution in [0.1, 0.15) is 12.6 Å². The van der Waals surface area contributed by atoms with Crippen LogP contribution in [0.2, 0.25) is 0 Å². The van der Waals surface area contributed by atoms with E-state index < -0.39 is 11.9 Å². The first-order chi connectivity index (χ1) is 7.97. The smallest absolute Gasteiger partial charge is 0.433 e. The Morgan fingerprint density at radius 1 is 1.41 bits per heavy atom. The number of hydrogen-bond donors (Lipinski definition) is 1. The molecule has 0 amide bonds. The highest BCUT2D eigenvalue weighted by Crippen LogP contribution is 2.30. The fourth-order valence-corrected chi connectivity index (χ4v) is 0.986. The van der Waals surface area contributed by atoms with Crippen molar-refractivity contribution in [1.82, 2.24) is 9.97 Å². The number of rotatable bonds is 4. The van der Waals surface area contributed by atoms with Gasteiger partial charge < -0.3 is 10.1 Å². The molecular formula is C10H12F3N3O. The number of nitrogens with zero attached hydrogens (tertiary/aromatic N) is 2. The lowest BCUT2D eigenvalue weighted by Crippen LogP contribution is -2.12. The molecule has 17 heavy (non-hydrogen) atoms. The molecule has 1 rings (SSSR count). The highest BCUT2D eigenvalue weighted by molar-refractivity contribution is 5.31. The predicted octanol–water partition coefficient (Wildman–Crippen LogP) is 2.49. The third-order valence-electron chi connectivity index (χ3n) is 1.78. The number of anilines is 1. The van der Waals surface area contributed by atoms with Gasteiger partial charge in [-0.15, -0.1) is 0 Å². The Kier molecular flexibility index (Phi) is 4.30. The third-order valence-corrected chi connectivity index (χ3v) is 1.78. The molecule has 1 heterocycles. The van der Waals surface area contributed by atoms with Crippen molar-refractivity contribution < 1.29 is 17.9 Å². The molecule has 0 radical (unpaired) electrons. The quantitative estimate of drug-likeness (QED) is 0.830. The summed E-state index contributed by atoms with van der Waals surface area (Å²) in [4.78, 5) is 7.07. The molecule has 0 saturated heterocycles. The van der Waals surface area contributed by atoms with Crippen LogP contribution >= 0.6 is 0 Å². The molecule has 0 atom stereocenters. The predicted molar refractivity (Wildman–Crippen MR) is 56.9 cm³/mol. The van der Waals surface area contributed by atoms with Crippen molar-refractivity contribution in [3.05, 3.63) is 23.9 Å². The summed E-state index contributed by atoms with van der Waals surface area (Å²) in [6.45, 7) is 1.94. The van der Waals surface area contributed by atoms with Crippen LogP contribution < -0.4 is 10.1 Å². The summed E-state index contributed by atoms with van der Waals surface area (Å²) in [6.07, 6.45) is -1.13. The zero-order valence-corrected chi connectivity index (χ0v) is 9.38. The Morgan fingerprint density at radius 2 is 2.12 bits per heavy atom. The maximum Gasteiger partial charge on any atom is 0.433 e. The molecule has 0 unspecified atom stereocenters. The van der Waals surface area contributed by atoms with Crippen molar-refractivity contribution in [2.45, 2.75) is 13.1 Å². The highest BCUT2D eigenvalue weighted by Gasteiger charge is 2.33. The van der Waals surface area contributed by atoms with E-state index in [0.717, 1.165) is 6.07 Å². The molecule has 1 N–H and O–H groups in total. The minimum atomic E-state index is -4.52. The number of nitrogens with one attached hydrogen (secondary N) is 1. The molecule has 0 fully saturated rings. The molecular weight excluding hydrogens is 235 g/mol. The van der Waals surface area contributed by atoms with E-state index in [1.807, 2.05) is 0 Å². The Balaban J connectivity index is 2.97. The van der Waals surface area contributed by atoms with Gasteiger partial charge in [0.2, 0.25) is 11.8 Å². The van der Waals surface area contributed by atoms with Crippen LogP contribution in [0, 0.1) is 0 Å². The summed E-state index contributed by atoms with van der Waals surface area (Å²) in [7, 11) is 1.44. The zero-order valence-electron chi connectivity index (χ0n) is 9.38. The van der Waals surface area contributed by atoms with Crippen LogP contribution in [0.5, 0.6) is 5.88 Å². The number of hydrogen-bond acceptors (Lipinski definition) is 4. The van der Waals surface area contributed by atoms with Crippen LogP contribution in [0.25, 0.3) is 0 Å². The molecule has 1 aromatic rings. The van der Waals surface area contributed by atoms with E-state index in [2.05, 4.69) is 15.3 Å². The summed E-state index contributed by atoms with van der Waals surface area (Å²) < 4.78 is 42.5. The van der Waals surface area contributed by atoms with Crippen molar-refractivity contribution in [3.63, 3.8) is 0 Å². The van der Waals surface area contributed by atoms with Gasteiger partial charge in [0.1, 0.15) is 6.61 Å². The molecule has 94 valence electrons. The van der Waals surface area contributed by atoms with Gasteiger partial charge in [-0.1, -0.05) is 12.2 Å². The van der Waals surface area contributed by atoms with Crippen LogP contribution in [-0.4, -0.2) is 23.6 Å². The first kappa shape index (κ1) is 13.3. The average molecular weight is 247 g/mol. The van der Waals surface area contributed by atoms with Gasteiger partial charge in [0.05, 0.1) is 0 Å². The topological polar surface area (TPSA) is 47.0 Å². The van der Waals surface area contributed by atoms with Gasteiger partial charge in [0.25, 0.3) is 0 Å². The summed E-state index contributed by atoms with van der Waals surface area (Å²) in [5.74, 6) is -0.245. The minimum absolute atomic E-state index is 0.116. The fraction of sp³-hybridized carbons (Fsp3) is 0.400. The zero-order chi connectivity index (χ0) is 12.9. The van der Waals surface area contributed by atoms with Gasteiger partial charge in [0.15, 0.2) is 5.69 Å². The Hall–Kier alpha value is -1.79. The SMILES string of the molecule is C/C=C/COc1cc(C(F)(F)F)nc(NC)n1. The molecule has 0 aliphatic carbocycles. The summed E-state index contributed by atoms with van der Waals surface area (Å²) in [5, 5.41) is 2.45. The monoisotopic (exact) mass is 247 g/mol. The maximum absolute atomic E-state index is 12.5.